The molecule has 1 aliphatic heterocycles. The summed E-state index contributed by atoms with van der Waals surface area (Å²) in [5.74, 6) is 0. The first-order valence-electron chi connectivity index (χ1n) is 5.47. The summed E-state index contributed by atoms with van der Waals surface area (Å²) in [4.78, 5) is 0.291. The van der Waals surface area contributed by atoms with E-state index < -0.39 is 10.0 Å². The Labute approximate surface area is 124 Å². The van der Waals surface area contributed by atoms with Crippen LogP contribution in [0.3, 0.4) is 0 Å². The molecule has 4 nitrogen and oxygen atoms in total. The number of ether oxygens (including phenoxy) is 1. The first kappa shape index (κ1) is 14.5. The van der Waals surface area contributed by atoms with Gasteiger partial charge in [-0.2, -0.15) is 4.31 Å². The van der Waals surface area contributed by atoms with Gasteiger partial charge in [0.15, 0.2) is 0 Å². The largest absolute Gasteiger partial charge is 0.378 e. The van der Waals surface area contributed by atoms with E-state index in [1.165, 1.54) is 4.31 Å². The highest BCUT2D eigenvalue weighted by Gasteiger charge is 2.32. The van der Waals surface area contributed by atoms with Crippen LogP contribution in [0, 0.1) is 0 Å². The molecule has 1 heterocycles. The lowest BCUT2D eigenvalue weighted by molar-refractivity contribution is 0.0392. The van der Waals surface area contributed by atoms with Crippen molar-refractivity contribution in [3.05, 3.63) is 27.1 Å². The number of nitrogens with zero attached hydrogens (tertiary/aromatic N) is 1. The molecule has 0 amide bonds. The van der Waals surface area contributed by atoms with Crippen LogP contribution < -0.4 is 0 Å². The zero-order valence-electron chi connectivity index (χ0n) is 9.77. The third-order valence-electron chi connectivity index (χ3n) is 2.79. The predicted molar refractivity (Wildman–Crippen MR) is 76.0 cm³/mol. The molecule has 0 unspecified atom stereocenters. The van der Waals surface area contributed by atoms with E-state index >= 15 is 0 Å². The van der Waals surface area contributed by atoms with Gasteiger partial charge in [0.05, 0.1) is 18.1 Å². The quantitative estimate of drug-likeness (QED) is 0.769. The van der Waals surface area contributed by atoms with Gasteiger partial charge in [0.1, 0.15) is 0 Å². The van der Waals surface area contributed by atoms with E-state index in [-0.39, 0.29) is 6.04 Å². The molecular formula is C11H13Br2NO3S. The molecule has 1 aromatic carbocycles. The van der Waals surface area contributed by atoms with Crippen LogP contribution in [-0.4, -0.2) is 38.5 Å². The lowest BCUT2D eigenvalue weighted by Crippen LogP contribution is -2.47. The van der Waals surface area contributed by atoms with E-state index in [2.05, 4.69) is 31.9 Å². The van der Waals surface area contributed by atoms with Gasteiger partial charge in [0.2, 0.25) is 10.0 Å². The maximum Gasteiger partial charge on any atom is 0.244 e. The van der Waals surface area contributed by atoms with Crippen molar-refractivity contribution in [2.24, 2.45) is 0 Å². The van der Waals surface area contributed by atoms with E-state index in [1.54, 1.807) is 18.2 Å². The van der Waals surface area contributed by atoms with Gasteiger partial charge in [-0.05, 0) is 41.1 Å². The van der Waals surface area contributed by atoms with Crippen LogP contribution in [-0.2, 0) is 14.8 Å². The Morgan fingerprint density at radius 3 is 2.72 bits per heavy atom. The summed E-state index contributed by atoms with van der Waals surface area (Å²) in [6.07, 6.45) is 0. The number of hydrogen-bond donors (Lipinski definition) is 0. The molecular weight excluding hydrogens is 386 g/mol. The molecule has 0 spiro atoms. The molecule has 7 heteroatoms. The molecule has 0 saturated carbocycles. The summed E-state index contributed by atoms with van der Waals surface area (Å²) in [5.41, 5.74) is 0. The Hall–Kier alpha value is 0.0500. The van der Waals surface area contributed by atoms with E-state index in [0.29, 0.717) is 29.1 Å². The monoisotopic (exact) mass is 397 g/mol. The van der Waals surface area contributed by atoms with Crippen LogP contribution >= 0.6 is 31.9 Å². The van der Waals surface area contributed by atoms with Gasteiger partial charge in [-0.15, -0.1) is 0 Å². The van der Waals surface area contributed by atoms with Gasteiger partial charge >= 0.3 is 0 Å². The smallest absolute Gasteiger partial charge is 0.244 e. The van der Waals surface area contributed by atoms with Gasteiger partial charge in [0, 0.05) is 21.5 Å². The molecule has 1 atom stereocenters. The number of benzene rings is 1. The topological polar surface area (TPSA) is 46.6 Å². The SMILES string of the molecule is C[C@@H]1COCCN1S(=O)(=O)c1ccc(Br)cc1Br. The van der Waals surface area contributed by atoms with E-state index in [9.17, 15) is 8.42 Å². The third-order valence-corrected chi connectivity index (χ3v) is 6.27. The number of hydrogen-bond acceptors (Lipinski definition) is 3. The molecule has 0 N–H and O–H groups in total. The Morgan fingerprint density at radius 2 is 2.11 bits per heavy atom. The second kappa shape index (κ2) is 5.58. The van der Waals surface area contributed by atoms with Gasteiger partial charge in [-0.1, -0.05) is 15.9 Å². The van der Waals surface area contributed by atoms with Crippen LogP contribution in [0.15, 0.2) is 32.0 Å². The van der Waals surface area contributed by atoms with Crippen LogP contribution in [0.25, 0.3) is 0 Å². The van der Waals surface area contributed by atoms with Crippen molar-refractivity contribution in [3.63, 3.8) is 0 Å². The second-order valence-corrected chi connectivity index (χ2v) is 7.74. The molecule has 2 rings (SSSR count). The highest BCUT2D eigenvalue weighted by molar-refractivity contribution is 9.11. The van der Waals surface area contributed by atoms with Crippen molar-refractivity contribution in [1.82, 2.24) is 4.31 Å². The van der Waals surface area contributed by atoms with Crippen LogP contribution in [0.4, 0.5) is 0 Å². The second-order valence-electron chi connectivity index (χ2n) is 4.11. The molecule has 18 heavy (non-hydrogen) atoms. The summed E-state index contributed by atoms with van der Waals surface area (Å²) in [6, 6.07) is 4.92. The highest BCUT2D eigenvalue weighted by Crippen LogP contribution is 2.29. The lowest BCUT2D eigenvalue weighted by atomic mass is 10.3. The Morgan fingerprint density at radius 1 is 1.39 bits per heavy atom. The molecule has 1 aliphatic rings. The van der Waals surface area contributed by atoms with Crippen LogP contribution in [0.5, 0.6) is 0 Å². The summed E-state index contributed by atoms with van der Waals surface area (Å²) >= 11 is 6.61. The molecule has 1 saturated heterocycles. The maximum atomic E-state index is 12.6. The van der Waals surface area contributed by atoms with Crippen molar-refractivity contribution in [1.29, 1.82) is 0 Å². The standard InChI is InChI=1S/C11H13Br2NO3S/c1-8-7-17-5-4-14(8)18(15,16)11-3-2-9(12)6-10(11)13/h2-3,6,8H,4-5,7H2,1H3/t8-/m1/s1. The molecule has 0 bridgehead atoms. The van der Waals surface area contributed by atoms with Crippen molar-refractivity contribution in [2.75, 3.05) is 19.8 Å². The minimum atomic E-state index is -3.47. The summed E-state index contributed by atoms with van der Waals surface area (Å²) in [5, 5.41) is 0. The Bertz CT molecular complexity index is 547. The minimum absolute atomic E-state index is 0.140. The molecule has 1 aromatic rings. The van der Waals surface area contributed by atoms with Crippen molar-refractivity contribution in [2.45, 2.75) is 17.9 Å². The zero-order chi connectivity index (χ0) is 13.3. The first-order chi connectivity index (χ1) is 8.43. The molecule has 100 valence electrons. The lowest BCUT2D eigenvalue weighted by Gasteiger charge is -2.32. The van der Waals surface area contributed by atoms with Crippen molar-refractivity contribution < 1.29 is 13.2 Å². The van der Waals surface area contributed by atoms with Gasteiger partial charge in [0.25, 0.3) is 0 Å². The maximum absolute atomic E-state index is 12.6. The minimum Gasteiger partial charge on any atom is -0.378 e. The summed E-state index contributed by atoms with van der Waals surface area (Å²) in [7, 11) is -3.47. The number of morpholine rings is 1. The average Bonchev–Trinajstić information content (AvgIpc) is 2.28. The normalized spacial score (nSPS) is 22.1. The first-order valence-corrected chi connectivity index (χ1v) is 8.50. The van der Waals surface area contributed by atoms with Gasteiger partial charge in [-0.3, -0.25) is 0 Å². The van der Waals surface area contributed by atoms with Gasteiger partial charge in [-0.25, -0.2) is 8.42 Å². The van der Waals surface area contributed by atoms with E-state index in [4.69, 9.17) is 4.74 Å². The third kappa shape index (κ3) is 2.80. The fraction of sp³-hybridized carbons (Fsp3) is 0.455. The molecule has 0 aromatic heterocycles. The summed E-state index contributed by atoms with van der Waals surface area (Å²) in [6.45, 7) is 3.13. The number of rotatable bonds is 2. The molecule has 1 fully saturated rings. The van der Waals surface area contributed by atoms with E-state index in [0.717, 1.165) is 4.47 Å². The fourth-order valence-corrected chi connectivity index (χ4v) is 5.19. The van der Waals surface area contributed by atoms with Crippen molar-refractivity contribution >= 4 is 41.9 Å². The van der Waals surface area contributed by atoms with Gasteiger partial charge < -0.3 is 4.74 Å². The highest BCUT2D eigenvalue weighted by atomic mass is 79.9. The fourth-order valence-electron chi connectivity index (χ4n) is 1.88. The average molecular weight is 399 g/mol. The van der Waals surface area contributed by atoms with Crippen molar-refractivity contribution in [3.8, 4) is 0 Å². The Balaban J connectivity index is 2.41. The zero-order valence-corrected chi connectivity index (χ0v) is 13.8. The van der Waals surface area contributed by atoms with Crippen LogP contribution in [0.1, 0.15) is 6.92 Å². The predicted octanol–water partition coefficient (Wildman–Crippen LogP) is 2.62. The summed E-state index contributed by atoms with van der Waals surface area (Å²) < 4.78 is 33.3. The number of halogens is 2. The van der Waals surface area contributed by atoms with Crippen LogP contribution in [0.2, 0.25) is 0 Å². The molecule has 0 aliphatic carbocycles. The Kier molecular flexibility index (Phi) is 4.48. The number of sulfonamides is 1. The van der Waals surface area contributed by atoms with E-state index in [1.807, 2.05) is 6.92 Å². The molecule has 0 radical (unpaired) electrons.